The molecule has 0 aromatic heterocycles. The predicted octanol–water partition coefficient (Wildman–Crippen LogP) is 2.31. The van der Waals surface area contributed by atoms with E-state index in [1.165, 1.54) is 0 Å². The Hall–Kier alpha value is -0.540. The van der Waals surface area contributed by atoms with Crippen LogP contribution >= 0.6 is 0 Å². The van der Waals surface area contributed by atoms with Crippen LogP contribution in [0.3, 0.4) is 0 Å². The summed E-state index contributed by atoms with van der Waals surface area (Å²) >= 11 is 0. The maximum absolute atomic E-state index is 12.2. The van der Waals surface area contributed by atoms with Gasteiger partial charge in [0, 0.05) is 0 Å². The van der Waals surface area contributed by atoms with Crippen molar-refractivity contribution in [3.63, 3.8) is 0 Å². The molecule has 0 radical (unpaired) electrons. The molecule has 0 amide bonds. The molecule has 1 aliphatic rings. The molecule has 0 atom stereocenters. The molecule has 11 heavy (non-hydrogen) atoms. The Morgan fingerprint density at radius 1 is 1.18 bits per heavy atom. The fraction of sp³-hybridized carbons (Fsp3) is 0.857. The maximum Gasteiger partial charge on any atom is 0.401 e. The van der Waals surface area contributed by atoms with Gasteiger partial charge >= 0.3 is 6.18 Å². The third-order valence-electron chi connectivity index (χ3n) is 2.29. The summed E-state index contributed by atoms with van der Waals surface area (Å²) in [5.41, 5.74) is -2.01. The molecule has 0 aromatic carbocycles. The quantitative estimate of drug-likeness (QED) is 0.546. The van der Waals surface area contributed by atoms with Crippen molar-refractivity contribution in [3.05, 3.63) is 0 Å². The first-order valence-electron chi connectivity index (χ1n) is 3.55. The van der Waals surface area contributed by atoms with Crippen molar-refractivity contribution in [2.24, 2.45) is 5.41 Å². The van der Waals surface area contributed by atoms with Gasteiger partial charge in [-0.2, -0.15) is 13.2 Å². The van der Waals surface area contributed by atoms with Crippen molar-refractivity contribution in [3.8, 4) is 0 Å². The molecule has 1 nitrogen and oxygen atoms in total. The van der Waals surface area contributed by atoms with Crippen LogP contribution in [-0.4, -0.2) is 12.5 Å². The Balaban J connectivity index is 2.83. The Morgan fingerprint density at radius 2 is 1.64 bits per heavy atom. The minimum absolute atomic E-state index is 0.0278. The first kappa shape index (κ1) is 8.56. The molecule has 0 unspecified atom stereocenters. The smallest absolute Gasteiger partial charge is 0.302 e. The summed E-state index contributed by atoms with van der Waals surface area (Å²) in [5, 5.41) is 0. The number of halogens is 3. The first-order valence-corrected chi connectivity index (χ1v) is 3.55. The maximum atomic E-state index is 12.2. The highest BCUT2D eigenvalue weighted by Gasteiger charge is 2.55. The largest absolute Gasteiger partial charge is 0.401 e. The van der Waals surface area contributed by atoms with Gasteiger partial charge in [0.15, 0.2) is 0 Å². The lowest BCUT2D eigenvalue weighted by Gasteiger charge is -2.24. The molecule has 0 N–H and O–H groups in total. The summed E-state index contributed by atoms with van der Waals surface area (Å²) in [6, 6.07) is 0. The van der Waals surface area contributed by atoms with Gasteiger partial charge in [-0.1, -0.05) is 12.8 Å². The normalized spacial score (nSPS) is 23.5. The summed E-state index contributed by atoms with van der Waals surface area (Å²) in [7, 11) is 0. The number of alkyl halides is 3. The fourth-order valence-corrected chi connectivity index (χ4v) is 1.47. The third kappa shape index (κ3) is 1.26. The van der Waals surface area contributed by atoms with Gasteiger partial charge in [0.1, 0.15) is 11.7 Å². The SMILES string of the molecule is O=CC1(C(F)(F)F)CCCC1. The van der Waals surface area contributed by atoms with Gasteiger partial charge in [0.25, 0.3) is 0 Å². The van der Waals surface area contributed by atoms with Crippen molar-refractivity contribution < 1.29 is 18.0 Å². The molecule has 1 saturated carbocycles. The molecule has 1 fully saturated rings. The Kier molecular flexibility index (Phi) is 1.94. The number of aldehydes is 1. The molecule has 0 saturated heterocycles. The Bertz CT molecular complexity index is 156. The topological polar surface area (TPSA) is 17.1 Å². The van der Waals surface area contributed by atoms with E-state index < -0.39 is 11.6 Å². The van der Waals surface area contributed by atoms with Gasteiger partial charge in [-0.25, -0.2) is 0 Å². The number of hydrogen-bond donors (Lipinski definition) is 0. The van der Waals surface area contributed by atoms with Crippen LogP contribution in [0.25, 0.3) is 0 Å². The van der Waals surface area contributed by atoms with Crippen LogP contribution in [0.4, 0.5) is 13.2 Å². The summed E-state index contributed by atoms with van der Waals surface area (Å²) in [4.78, 5) is 10.3. The van der Waals surface area contributed by atoms with E-state index in [9.17, 15) is 18.0 Å². The van der Waals surface area contributed by atoms with E-state index in [0.29, 0.717) is 12.8 Å². The van der Waals surface area contributed by atoms with Crippen molar-refractivity contribution >= 4 is 6.29 Å². The van der Waals surface area contributed by atoms with Gasteiger partial charge in [-0.05, 0) is 12.8 Å². The first-order chi connectivity index (χ1) is 5.02. The highest BCUT2D eigenvalue weighted by molar-refractivity contribution is 5.61. The molecule has 0 spiro atoms. The highest BCUT2D eigenvalue weighted by atomic mass is 19.4. The summed E-state index contributed by atoms with van der Waals surface area (Å²) in [6.07, 6.45) is -3.30. The van der Waals surface area contributed by atoms with E-state index in [4.69, 9.17) is 0 Å². The number of rotatable bonds is 1. The highest BCUT2D eigenvalue weighted by Crippen LogP contribution is 2.48. The second-order valence-electron chi connectivity index (χ2n) is 2.98. The zero-order valence-corrected chi connectivity index (χ0v) is 5.95. The molecular formula is C7H9F3O. The van der Waals surface area contributed by atoms with Crippen LogP contribution in [0.1, 0.15) is 25.7 Å². The molecule has 0 aliphatic heterocycles. The van der Waals surface area contributed by atoms with Crippen LogP contribution in [-0.2, 0) is 4.79 Å². The Labute approximate surface area is 62.6 Å². The molecular weight excluding hydrogens is 157 g/mol. The third-order valence-corrected chi connectivity index (χ3v) is 2.29. The molecule has 1 aliphatic carbocycles. The average Bonchev–Trinajstić information content (AvgIpc) is 2.33. The van der Waals surface area contributed by atoms with Gasteiger partial charge in [-0.3, -0.25) is 0 Å². The van der Waals surface area contributed by atoms with Gasteiger partial charge in [0.2, 0.25) is 0 Å². The van der Waals surface area contributed by atoms with E-state index in [-0.39, 0.29) is 19.1 Å². The second kappa shape index (κ2) is 2.50. The summed E-state index contributed by atoms with van der Waals surface area (Å²) in [6.45, 7) is 0. The average molecular weight is 166 g/mol. The van der Waals surface area contributed by atoms with E-state index in [1.807, 2.05) is 0 Å². The van der Waals surface area contributed by atoms with Crippen LogP contribution < -0.4 is 0 Å². The lowest BCUT2D eigenvalue weighted by molar-refractivity contribution is -0.212. The van der Waals surface area contributed by atoms with Crippen LogP contribution in [0.5, 0.6) is 0 Å². The van der Waals surface area contributed by atoms with Gasteiger partial charge in [-0.15, -0.1) is 0 Å². The second-order valence-corrected chi connectivity index (χ2v) is 2.98. The van der Waals surface area contributed by atoms with E-state index in [0.717, 1.165) is 0 Å². The van der Waals surface area contributed by atoms with E-state index >= 15 is 0 Å². The minimum atomic E-state index is -4.34. The molecule has 0 aromatic rings. The van der Waals surface area contributed by atoms with Crippen molar-refractivity contribution in [1.29, 1.82) is 0 Å². The zero-order valence-electron chi connectivity index (χ0n) is 5.95. The van der Waals surface area contributed by atoms with Gasteiger partial charge in [0.05, 0.1) is 0 Å². The molecule has 0 heterocycles. The number of carbonyl (C=O) groups excluding carboxylic acids is 1. The number of hydrogen-bond acceptors (Lipinski definition) is 1. The molecule has 0 bridgehead atoms. The lowest BCUT2D eigenvalue weighted by Crippen LogP contribution is -2.36. The Morgan fingerprint density at radius 3 is 1.82 bits per heavy atom. The van der Waals surface area contributed by atoms with Crippen LogP contribution in [0.15, 0.2) is 0 Å². The zero-order chi connectivity index (χ0) is 8.54. The van der Waals surface area contributed by atoms with E-state index in [2.05, 4.69) is 0 Å². The molecule has 4 heteroatoms. The predicted molar refractivity (Wildman–Crippen MR) is 33.0 cm³/mol. The van der Waals surface area contributed by atoms with Crippen molar-refractivity contribution in [2.75, 3.05) is 0 Å². The minimum Gasteiger partial charge on any atom is -0.302 e. The van der Waals surface area contributed by atoms with E-state index in [1.54, 1.807) is 0 Å². The summed E-state index contributed by atoms with van der Waals surface area (Å²) < 4.78 is 36.6. The van der Waals surface area contributed by atoms with Gasteiger partial charge < -0.3 is 4.79 Å². The van der Waals surface area contributed by atoms with Crippen LogP contribution in [0, 0.1) is 5.41 Å². The van der Waals surface area contributed by atoms with Crippen molar-refractivity contribution in [1.82, 2.24) is 0 Å². The summed E-state index contributed by atoms with van der Waals surface area (Å²) in [5.74, 6) is 0. The fourth-order valence-electron chi connectivity index (χ4n) is 1.47. The molecule has 1 rings (SSSR count). The van der Waals surface area contributed by atoms with Crippen LogP contribution in [0.2, 0.25) is 0 Å². The standard InChI is InChI=1S/C7H9F3O/c8-7(9,10)6(5-11)3-1-2-4-6/h5H,1-4H2. The monoisotopic (exact) mass is 166 g/mol. The number of carbonyl (C=O) groups is 1. The lowest BCUT2D eigenvalue weighted by atomic mass is 9.87. The van der Waals surface area contributed by atoms with Crippen molar-refractivity contribution in [2.45, 2.75) is 31.9 Å². The molecule has 64 valence electrons.